The van der Waals surface area contributed by atoms with Gasteiger partial charge >= 0.3 is 12.4 Å². The maximum absolute atomic E-state index is 13.8. The van der Waals surface area contributed by atoms with Crippen molar-refractivity contribution < 1.29 is 26.3 Å². The Kier molecular flexibility index (Phi) is 8.38. The number of rotatable bonds is 10. The summed E-state index contributed by atoms with van der Waals surface area (Å²) in [7, 11) is 0. The number of pyridine rings is 1. The van der Waals surface area contributed by atoms with Gasteiger partial charge in [-0.05, 0) is 92.7 Å². The number of fused-ring (bicyclic) bond motifs is 1. The molecule has 0 atom stereocenters. The van der Waals surface area contributed by atoms with Gasteiger partial charge in [-0.15, -0.1) is 10.6 Å². The highest BCUT2D eigenvalue weighted by Crippen LogP contribution is 2.39. The monoisotopic (exact) mass is 659 g/mol. The number of anilines is 1. The lowest BCUT2D eigenvalue weighted by Crippen LogP contribution is -2.46. The summed E-state index contributed by atoms with van der Waals surface area (Å²) in [5.74, 6) is 2.31. The number of para-hydroxylation sites is 1. The van der Waals surface area contributed by atoms with Crippen LogP contribution in [0.15, 0.2) is 47.6 Å². The Balaban J connectivity index is 1.30. The lowest BCUT2D eigenvalue weighted by molar-refractivity contribution is -0.143. The summed E-state index contributed by atoms with van der Waals surface area (Å²) in [6.45, 7) is 3.68. The van der Waals surface area contributed by atoms with Gasteiger partial charge in [-0.1, -0.05) is 31.0 Å². The van der Waals surface area contributed by atoms with Gasteiger partial charge in [0.2, 0.25) is 5.96 Å². The van der Waals surface area contributed by atoms with Crippen LogP contribution in [0, 0.1) is 18.8 Å². The molecule has 2 heterocycles. The van der Waals surface area contributed by atoms with Crippen molar-refractivity contribution in [2.24, 2.45) is 16.9 Å². The Labute approximate surface area is 269 Å². The van der Waals surface area contributed by atoms with E-state index < -0.39 is 23.5 Å². The second kappa shape index (κ2) is 12.4. The third kappa shape index (κ3) is 7.39. The van der Waals surface area contributed by atoms with Crippen LogP contribution in [0.25, 0.3) is 10.9 Å². The van der Waals surface area contributed by atoms with Crippen LogP contribution in [-0.2, 0) is 25.4 Å². The van der Waals surface area contributed by atoms with Crippen LogP contribution in [0.3, 0.4) is 0 Å². The fourth-order valence-corrected chi connectivity index (χ4v) is 6.71. The molecule has 0 saturated heterocycles. The Morgan fingerprint density at radius 1 is 0.809 bits per heavy atom. The zero-order chi connectivity index (χ0) is 32.9. The Bertz CT molecular complexity index is 1590. The molecule has 4 aliphatic rings. The first-order chi connectivity index (χ1) is 22.4. The zero-order valence-electron chi connectivity index (χ0n) is 26.3. The molecular formula is C34H39F6N7. The van der Waals surface area contributed by atoms with Gasteiger partial charge in [0, 0.05) is 37.1 Å². The number of guanidine groups is 1. The number of aryl methyl sites for hydroxylation is 1. The average molecular weight is 660 g/mol. The highest BCUT2D eigenvalue weighted by atomic mass is 19.4. The number of alkyl halides is 6. The fourth-order valence-electron chi connectivity index (χ4n) is 6.71. The van der Waals surface area contributed by atoms with E-state index in [4.69, 9.17) is 10.1 Å². The standard InChI is InChI=1S/C34H39F6N7/c1-21-5-4-6-25-15-26(31(41-30(21)25)45(17-22-9-10-22)18-23-11-12-23)20-46(32-42-44-47(43-32)29-7-2-3-8-29)19-24-13-27(33(35,36)37)16-28(14-24)34(38,39)40/h4-6,13-16,22-23,29,44H,2-3,7-12,17-20H2,1H3,(H,42,43). The van der Waals surface area contributed by atoms with Crippen LogP contribution in [0.4, 0.5) is 32.2 Å². The van der Waals surface area contributed by atoms with Gasteiger partial charge in [-0.3, -0.25) is 5.43 Å². The third-order valence-electron chi connectivity index (χ3n) is 9.59. The van der Waals surface area contributed by atoms with Crippen molar-refractivity contribution in [1.82, 2.24) is 26.0 Å². The number of nitrogens with zero attached hydrogens (tertiary/aromatic N) is 5. The van der Waals surface area contributed by atoms with E-state index in [1.807, 2.05) is 25.1 Å². The average Bonchev–Trinajstić information content (AvgIpc) is 3.90. The van der Waals surface area contributed by atoms with Crippen LogP contribution in [0.2, 0.25) is 0 Å². The maximum atomic E-state index is 13.8. The van der Waals surface area contributed by atoms with Crippen LogP contribution in [0.1, 0.15) is 79.2 Å². The maximum Gasteiger partial charge on any atom is 0.416 e. The summed E-state index contributed by atoms with van der Waals surface area (Å²) in [5, 5.41) is 7.39. The Morgan fingerprint density at radius 3 is 2.04 bits per heavy atom. The van der Waals surface area contributed by atoms with E-state index in [1.165, 1.54) is 0 Å². The molecule has 252 valence electrons. The first kappa shape index (κ1) is 31.8. The Hall–Kier alpha value is -3.74. The van der Waals surface area contributed by atoms with Crippen molar-refractivity contribution in [3.05, 3.63) is 70.3 Å². The lowest BCUT2D eigenvalue weighted by atomic mass is 10.0. The summed E-state index contributed by atoms with van der Waals surface area (Å²) in [6, 6.07) is 9.93. The molecule has 7 nitrogen and oxygen atoms in total. The predicted octanol–water partition coefficient (Wildman–Crippen LogP) is 7.75. The summed E-state index contributed by atoms with van der Waals surface area (Å²) in [6.07, 6.45) is -1.24. The molecule has 0 spiro atoms. The molecule has 47 heavy (non-hydrogen) atoms. The molecule has 7 rings (SSSR count). The van der Waals surface area contributed by atoms with Gasteiger partial charge in [0.1, 0.15) is 5.82 Å². The van der Waals surface area contributed by atoms with Gasteiger partial charge in [0.15, 0.2) is 0 Å². The van der Waals surface area contributed by atoms with Gasteiger partial charge in [-0.2, -0.15) is 26.3 Å². The smallest absolute Gasteiger partial charge is 0.356 e. The highest BCUT2D eigenvalue weighted by Gasteiger charge is 2.38. The first-order valence-electron chi connectivity index (χ1n) is 16.5. The summed E-state index contributed by atoms with van der Waals surface area (Å²) < 4.78 is 83.0. The lowest BCUT2D eigenvalue weighted by Gasteiger charge is -2.30. The van der Waals surface area contributed by atoms with Crippen LogP contribution < -0.4 is 15.9 Å². The predicted molar refractivity (Wildman–Crippen MR) is 168 cm³/mol. The molecule has 0 amide bonds. The van der Waals surface area contributed by atoms with Crippen molar-refractivity contribution in [2.45, 2.75) is 89.8 Å². The van der Waals surface area contributed by atoms with Crippen LogP contribution >= 0.6 is 0 Å². The molecule has 3 aromatic rings. The van der Waals surface area contributed by atoms with Crippen molar-refractivity contribution in [2.75, 3.05) is 18.0 Å². The minimum Gasteiger partial charge on any atom is -0.356 e. The molecule has 13 heteroatoms. The van der Waals surface area contributed by atoms with Crippen molar-refractivity contribution in [3.8, 4) is 0 Å². The number of hydrazine groups is 2. The van der Waals surface area contributed by atoms with E-state index >= 15 is 0 Å². The number of hydrogen-bond donors (Lipinski definition) is 2. The van der Waals surface area contributed by atoms with E-state index in [-0.39, 0.29) is 30.8 Å². The molecule has 2 aromatic carbocycles. The largest absolute Gasteiger partial charge is 0.416 e. The number of benzene rings is 2. The van der Waals surface area contributed by atoms with E-state index in [0.29, 0.717) is 17.8 Å². The molecule has 3 fully saturated rings. The van der Waals surface area contributed by atoms with Crippen molar-refractivity contribution in [1.29, 1.82) is 0 Å². The number of aromatic nitrogens is 1. The van der Waals surface area contributed by atoms with Gasteiger partial charge in [0.05, 0.1) is 22.7 Å². The second-order valence-corrected chi connectivity index (χ2v) is 13.6. The molecule has 0 bridgehead atoms. The van der Waals surface area contributed by atoms with E-state index in [2.05, 4.69) is 21.9 Å². The summed E-state index contributed by atoms with van der Waals surface area (Å²) in [4.78, 5) is 9.28. The molecule has 1 aliphatic heterocycles. The van der Waals surface area contributed by atoms with Crippen LogP contribution in [-0.4, -0.2) is 40.1 Å². The zero-order valence-corrected chi connectivity index (χ0v) is 26.3. The number of hydrogen-bond acceptors (Lipinski definition) is 7. The van der Waals surface area contributed by atoms with E-state index in [9.17, 15) is 26.3 Å². The normalized spacial score (nSPS) is 19.0. The quantitative estimate of drug-likeness (QED) is 0.217. The minimum absolute atomic E-state index is 0.116. The molecule has 3 saturated carbocycles. The van der Waals surface area contributed by atoms with Gasteiger partial charge in [-0.25, -0.2) is 10.1 Å². The van der Waals surface area contributed by atoms with E-state index in [0.717, 1.165) is 104 Å². The van der Waals surface area contributed by atoms with E-state index in [1.54, 1.807) is 10.0 Å². The minimum atomic E-state index is -4.94. The van der Waals surface area contributed by atoms with Gasteiger partial charge in [0.25, 0.3) is 0 Å². The highest BCUT2D eigenvalue weighted by molar-refractivity contribution is 5.85. The SMILES string of the molecule is Cc1cccc2cc(CN(Cc3cc(C(F)(F)F)cc(C(F)(F)F)c3)C3=NN(C4CCCC4)NN3)c(N(CC3CC3)CC3CC3)nc12. The molecular weight excluding hydrogens is 620 g/mol. The number of hydrazone groups is 1. The first-order valence-corrected chi connectivity index (χ1v) is 16.5. The Morgan fingerprint density at radius 2 is 1.45 bits per heavy atom. The molecule has 3 aliphatic carbocycles. The van der Waals surface area contributed by atoms with Crippen LogP contribution in [0.5, 0.6) is 0 Å². The summed E-state index contributed by atoms with van der Waals surface area (Å²) >= 11 is 0. The molecule has 0 unspecified atom stereocenters. The molecule has 0 radical (unpaired) electrons. The van der Waals surface area contributed by atoms with Crippen molar-refractivity contribution in [3.63, 3.8) is 0 Å². The fraction of sp³-hybridized carbons (Fsp3) is 0.529. The van der Waals surface area contributed by atoms with Gasteiger partial charge < -0.3 is 9.80 Å². The molecule has 2 N–H and O–H groups in total. The second-order valence-electron chi connectivity index (χ2n) is 13.6. The molecule has 1 aromatic heterocycles. The number of nitrogens with one attached hydrogen (secondary N) is 2. The third-order valence-corrected chi connectivity index (χ3v) is 9.59. The van der Waals surface area contributed by atoms with Crippen molar-refractivity contribution >= 4 is 22.7 Å². The number of halogens is 6. The summed E-state index contributed by atoms with van der Waals surface area (Å²) in [5.41, 5.74) is 6.11. The topological polar surface area (TPSA) is 59.0 Å².